The van der Waals surface area contributed by atoms with Gasteiger partial charge < -0.3 is 10.2 Å². The van der Waals surface area contributed by atoms with Crippen molar-refractivity contribution in [2.75, 3.05) is 29.2 Å². The predicted octanol–water partition coefficient (Wildman–Crippen LogP) is 5.34. The van der Waals surface area contributed by atoms with E-state index in [1.807, 2.05) is 31.1 Å². The molecule has 1 N–H and O–H groups in total. The van der Waals surface area contributed by atoms with Crippen molar-refractivity contribution in [1.82, 2.24) is 4.57 Å². The van der Waals surface area contributed by atoms with E-state index in [2.05, 4.69) is 5.32 Å². The first kappa shape index (κ1) is 32.0. The minimum atomic E-state index is -4.73. The number of aromatic nitrogens is 1. The fourth-order valence-corrected chi connectivity index (χ4v) is 8.52. The minimum Gasteiger partial charge on any atom is -0.378 e. The number of thioether (sulfide) groups is 1. The molecule has 3 atom stereocenters. The highest BCUT2D eigenvalue weighted by molar-refractivity contribution is 8.00. The Morgan fingerprint density at radius 1 is 0.979 bits per heavy atom. The number of nitro groups is 1. The molecule has 4 aromatic rings. The van der Waals surface area contributed by atoms with Gasteiger partial charge in [-0.25, -0.2) is 4.90 Å². The van der Waals surface area contributed by atoms with Gasteiger partial charge in [-0.3, -0.25) is 33.9 Å². The van der Waals surface area contributed by atoms with Gasteiger partial charge in [-0.15, -0.1) is 0 Å². The number of thiazole rings is 1. The first-order valence-electron chi connectivity index (χ1n) is 14.0. The molecule has 16 heteroatoms. The number of carbonyl (C=O) groups is 3. The molecule has 47 heavy (non-hydrogen) atoms. The summed E-state index contributed by atoms with van der Waals surface area (Å²) in [5.74, 6) is -3.78. The number of alkyl halides is 3. The first-order valence-corrected chi connectivity index (χ1v) is 15.7. The van der Waals surface area contributed by atoms with Crippen LogP contribution in [0.3, 0.4) is 0 Å². The quantitative estimate of drug-likeness (QED) is 0.157. The Morgan fingerprint density at radius 2 is 1.64 bits per heavy atom. The number of halogens is 3. The molecule has 2 aliphatic heterocycles. The third kappa shape index (κ3) is 5.78. The van der Waals surface area contributed by atoms with E-state index in [1.165, 1.54) is 36.4 Å². The Hall–Kier alpha value is -4.96. The summed E-state index contributed by atoms with van der Waals surface area (Å²) < 4.78 is 41.7. The highest BCUT2D eigenvalue weighted by atomic mass is 32.2. The summed E-state index contributed by atoms with van der Waals surface area (Å²) in [7, 11) is 3.71. The lowest BCUT2D eigenvalue weighted by atomic mass is 9.83. The van der Waals surface area contributed by atoms with Gasteiger partial charge in [0.15, 0.2) is 0 Å². The van der Waals surface area contributed by atoms with Crippen LogP contribution in [-0.2, 0) is 27.1 Å². The second kappa shape index (κ2) is 12.0. The van der Waals surface area contributed by atoms with Gasteiger partial charge >= 0.3 is 11.0 Å². The molecule has 6 rings (SSSR count). The molecule has 0 unspecified atom stereocenters. The van der Waals surface area contributed by atoms with Crippen molar-refractivity contribution in [3.8, 4) is 0 Å². The summed E-state index contributed by atoms with van der Waals surface area (Å²) in [5.41, 5.74) is -0.0991. The summed E-state index contributed by atoms with van der Waals surface area (Å²) in [6.07, 6.45) is -4.73. The summed E-state index contributed by atoms with van der Waals surface area (Å²) in [5, 5.41) is 12.7. The van der Waals surface area contributed by atoms with E-state index in [0.29, 0.717) is 10.4 Å². The number of fused-ring (bicyclic) bond motifs is 2. The topological polar surface area (TPSA) is 135 Å². The minimum absolute atomic E-state index is 0.144. The van der Waals surface area contributed by atoms with Crippen molar-refractivity contribution in [2.45, 2.75) is 28.9 Å². The second-order valence-corrected chi connectivity index (χ2v) is 13.2. The first-order chi connectivity index (χ1) is 22.3. The number of anilines is 3. The van der Waals surface area contributed by atoms with Crippen LogP contribution < -0.4 is 20.0 Å². The molecule has 1 saturated heterocycles. The van der Waals surface area contributed by atoms with Gasteiger partial charge in [0.1, 0.15) is 11.8 Å². The van der Waals surface area contributed by atoms with Crippen molar-refractivity contribution < 1.29 is 32.5 Å². The molecule has 0 saturated carbocycles. The van der Waals surface area contributed by atoms with Crippen LogP contribution in [0.1, 0.15) is 21.9 Å². The second-order valence-electron chi connectivity index (χ2n) is 11.0. The van der Waals surface area contributed by atoms with Crippen LogP contribution in [0.25, 0.3) is 0 Å². The number of non-ortho nitro benzene ring substituents is 1. The highest BCUT2D eigenvalue weighted by Gasteiger charge is 2.57. The number of carbonyl (C=O) groups excluding carboxylic acids is 3. The van der Waals surface area contributed by atoms with Crippen LogP contribution in [0, 0.1) is 16.0 Å². The zero-order valence-corrected chi connectivity index (χ0v) is 26.2. The van der Waals surface area contributed by atoms with E-state index in [-0.39, 0.29) is 16.4 Å². The molecule has 0 aliphatic carbocycles. The van der Waals surface area contributed by atoms with E-state index in [1.54, 1.807) is 12.1 Å². The van der Waals surface area contributed by atoms with Gasteiger partial charge in [0.05, 0.1) is 32.8 Å². The Morgan fingerprint density at radius 3 is 2.26 bits per heavy atom. The number of nitrogens with zero attached hydrogens (tertiary/aromatic N) is 4. The van der Waals surface area contributed by atoms with E-state index in [0.717, 1.165) is 50.4 Å². The van der Waals surface area contributed by atoms with Gasteiger partial charge in [0.25, 0.3) is 5.69 Å². The van der Waals surface area contributed by atoms with Crippen molar-refractivity contribution in [3.63, 3.8) is 0 Å². The molecule has 1 fully saturated rings. The maximum absolute atomic E-state index is 14.0. The molecule has 11 nitrogen and oxygen atoms in total. The molecule has 0 spiro atoms. The van der Waals surface area contributed by atoms with Gasteiger partial charge in [-0.05, 0) is 42.0 Å². The van der Waals surface area contributed by atoms with E-state index >= 15 is 0 Å². The molecule has 3 aromatic carbocycles. The maximum Gasteiger partial charge on any atom is 0.418 e. The number of hydrogen-bond acceptors (Lipinski definition) is 9. The molecular weight excluding hydrogens is 659 g/mol. The number of nitro benzene ring substituents is 1. The van der Waals surface area contributed by atoms with Crippen molar-refractivity contribution in [1.29, 1.82) is 0 Å². The average Bonchev–Trinajstić information content (AvgIpc) is 3.47. The molecule has 0 bridgehead atoms. The third-order valence-electron chi connectivity index (χ3n) is 7.94. The average molecular weight is 684 g/mol. The van der Waals surface area contributed by atoms with Gasteiger partial charge in [0.2, 0.25) is 17.7 Å². The lowest BCUT2D eigenvalue weighted by Gasteiger charge is -2.31. The number of hydrogen-bond donors (Lipinski definition) is 1. The molecule has 0 radical (unpaired) electrons. The smallest absolute Gasteiger partial charge is 0.378 e. The SMILES string of the molecule is CN(C)c1ccc([C@@H]2c3sc(=O)n(CC(=O)Nc4ccccc4C(F)(F)F)c3S[C@H]3C(=O)N(c4ccc([N+](=O)[O-])cc4)C(=O)[C@@H]23)cc1. The van der Waals surface area contributed by atoms with Gasteiger partial charge in [0, 0.05) is 42.7 Å². The number of rotatable bonds is 7. The largest absolute Gasteiger partial charge is 0.418 e. The number of amides is 3. The number of para-hydroxylation sites is 1. The van der Waals surface area contributed by atoms with Gasteiger partial charge in [-0.2, -0.15) is 13.2 Å². The van der Waals surface area contributed by atoms with Crippen LogP contribution in [0.5, 0.6) is 0 Å². The Bertz CT molecular complexity index is 1970. The Balaban J connectivity index is 1.40. The maximum atomic E-state index is 14.0. The number of benzene rings is 3. The highest BCUT2D eigenvalue weighted by Crippen LogP contribution is 2.54. The standard InChI is InChI=1S/C31H24F3N5O6S2/c1-36(2)17-9-7-16(8-10-17)23-24-25(28(42)38(27(24)41)18-11-13-19(14-12-18)39(44)45)46-29-26(23)47-30(43)37(29)15-22(40)35-21-6-4-3-5-20(21)31(32,33)34/h3-14,23-25H,15H2,1-2H3,(H,35,40)/t23-,24-,25+/m0/s1. The van der Waals surface area contributed by atoms with Crippen LogP contribution >= 0.6 is 23.1 Å². The van der Waals surface area contributed by atoms with E-state index in [4.69, 9.17) is 0 Å². The van der Waals surface area contributed by atoms with Crippen molar-refractivity contribution >= 4 is 63.6 Å². The Kier molecular flexibility index (Phi) is 8.17. The summed E-state index contributed by atoms with van der Waals surface area (Å²) >= 11 is 1.74. The van der Waals surface area contributed by atoms with Crippen LogP contribution in [0.4, 0.5) is 35.9 Å². The monoisotopic (exact) mass is 683 g/mol. The molecule has 2 aliphatic rings. The molecule has 3 amide bonds. The fourth-order valence-electron chi connectivity index (χ4n) is 5.74. The lowest BCUT2D eigenvalue weighted by molar-refractivity contribution is -0.384. The molecule has 242 valence electrons. The number of imide groups is 1. The van der Waals surface area contributed by atoms with Crippen LogP contribution in [0.15, 0.2) is 82.6 Å². The fraction of sp³-hybridized carbons (Fsp3) is 0.226. The Labute approximate surface area is 272 Å². The third-order valence-corrected chi connectivity index (χ3v) is 10.5. The molecular formula is C31H24F3N5O6S2. The normalized spacial score (nSPS) is 18.9. The summed E-state index contributed by atoms with van der Waals surface area (Å²) in [6, 6.07) is 16.7. The molecule has 1 aromatic heterocycles. The zero-order valence-electron chi connectivity index (χ0n) is 24.6. The van der Waals surface area contributed by atoms with Gasteiger partial charge in [-0.1, -0.05) is 47.4 Å². The zero-order chi connectivity index (χ0) is 33.8. The predicted molar refractivity (Wildman–Crippen MR) is 170 cm³/mol. The number of nitrogens with one attached hydrogen (secondary N) is 1. The van der Waals surface area contributed by atoms with Crippen LogP contribution in [-0.4, -0.2) is 46.6 Å². The summed E-state index contributed by atoms with van der Waals surface area (Å²) in [6.45, 7) is -0.637. The van der Waals surface area contributed by atoms with Crippen LogP contribution in [0.2, 0.25) is 0 Å². The van der Waals surface area contributed by atoms with E-state index < -0.39 is 68.6 Å². The van der Waals surface area contributed by atoms with Crippen molar-refractivity contribution in [3.05, 3.63) is 109 Å². The summed E-state index contributed by atoms with van der Waals surface area (Å²) in [4.78, 5) is 67.7. The lowest BCUT2D eigenvalue weighted by Crippen LogP contribution is -2.33. The van der Waals surface area contributed by atoms with E-state index in [9.17, 15) is 42.5 Å². The van der Waals surface area contributed by atoms with Crippen molar-refractivity contribution in [2.24, 2.45) is 5.92 Å². The molecule has 3 heterocycles.